The standard InChI is InChI=1S/C13H15NO5/c1-3-14(4-2)12(15)8-5-6-9-11(19-7-18-9)10(8)13(16)17/h5-6H,3-4,7H2,1-2H3,(H,16,17). The van der Waals surface area contributed by atoms with Gasteiger partial charge in [0.1, 0.15) is 5.56 Å². The van der Waals surface area contributed by atoms with Gasteiger partial charge in [0.2, 0.25) is 6.79 Å². The number of carboxylic acid groups (broad SMARTS) is 1. The van der Waals surface area contributed by atoms with Gasteiger partial charge in [0.15, 0.2) is 11.5 Å². The maximum Gasteiger partial charge on any atom is 0.340 e. The largest absolute Gasteiger partial charge is 0.478 e. The molecule has 1 aliphatic heterocycles. The summed E-state index contributed by atoms with van der Waals surface area (Å²) in [6, 6.07) is 3.03. The van der Waals surface area contributed by atoms with Crippen molar-refractivity contribution >= 4 is 11.9 Å². The molecule has 0 bridgehead atoms. The number of fused-ring (bicyclic) bond motifs is 1. The number of rotatable bonds is 4. The van der Waals surface area contributed by atoms with E-state index in [1.165, 1.54) is 6.07 Å². The molecule has 0 saturated heterocycles. The van der Waals surface area contributed by atoms with Crippen LogP contribution in [0.2, 0.25) is 0 Å². The summed E-state index contributed by atoms with van der Waals surface area (Å²) < 4.78 is 10.3. The van der Waals surface area contributed by atoms with E-state index in [9.17, 15) is 14.7 Å². The second-order valence-corrected chi connectivity index (χ2v) is 4.00. The third-order valence-electron chi connectivity index (χ3n) is 3.03. The van der Waals surface area contributed by atoms with Crippen molar-refractivity contribution in [2.24, 2.45) is 0 Å². The fourth-order valence-corrected chi connectivity index (χ4v) is 2.04. The zero-order valence-electron chi connectivity index (χ0n) is 10.8. The quantitative estimate of drug-likeness (QED) is 0.894. The highest BCUT2D eigenvalue weighted by atomic mass is 16.7. The molecule has 0 spiro atoms. The number of hydrogen-bond donors (Lipinski definition) is 1. The number of nitrogens with zero attached hydrogens (tertiary/aromatic N) is 1. The third-order valence-corrected chi connectivity index (χ3v) is 3.03. The second-order valence-electron chi connectivity index (χ2n) is 4.00. The molecule has 1 N–H and O–H groups in total. The van der Waals surface area contributed by atoms with Crippen molar-refractivity contribution in [1.29, 1.82) is 0 Å². The van der Waals surface area contributed by atoms with Crippen molar-refractivity contribution in [3.05, 3.63) is 23.3 Å². The van der Waals surface area contributed by atoms with Crippen molar-refractivity contribution in [3.8, 4) is 11.5 Å². The van der Waals surface area contributed by atoms with Crippen molar-refractivity contribution < 1.29 is 24.2 Å². The van der Waals surface area contributed by atoms with E-state index < -0.39 is 5.97 Å². The highest BCUT2D eigenvalue weighted by molar-refractivity contribution is 6.07. The zero-order chi connectivity index (χ0) is 14.0. The number of amides is 1. The molecule has 0 aliphatic carbocycles. The zero-order valence-corrected chi connectivity index (χ0v) is 10.8. The van der Waals surface area contributed by atoms with Crippen LogP contribution in [0.25, 0.3) is 0 Å². The van der Waals surface area contributed by atoms with Crippen molar-refractivity contribution in [2.45, 2.75) is 13.8 Å². The molecule has 1 aliphatic rings. The third kappa shape index (κ3) is 2.21. The topological polar surface area (TPSA) is 76.1 Å². The molecule has 1 heterocycles. The lowest BCUT2D eigenvalue weighted by Gasteiger charge is -2.20. The number of aromatic carboxylic acids is 1. The number of carbonyl (C=O) groups is 2. The molecule has 0 fully saturated rings. The average Bonchev–Trinajstić information content (AvgIpc) is 2.86. The molecule has 1 amide bonds. The van der Waals surface area contributed by atoms with Gasteiger partial charge < -0.3 is 19.5 Å². The predicted molar refractivity (Wildman–Crippen MR) is 66.8 cm³/mol. The molecule has 1 aromatic rings. The highest BCUT2D eigenvalue weighted by Gasteiger charge is 2.29. The molecular formula is C13H15NO5. The van der Waals surface area contributed by atoms with Crippen LogP contribution in [0.4, 0.5) is 0 Å². The van der Waals surface area contributed by atoms with Crippen molar-refractivity contribution in [3.63, 3.8) is 0 Å². The van der Waals surface area contributed by atoms with E-state index in [4.69, 9.17) is 9.47 Å². The van der Waals surface area contributed by atoms with Gasteiger partial charge >= 0.3 is 5.97 Å². The van der Waals surface area contributed by atoms with Crippen LogP contribution in [0.5, 0.6) is 11.5 Å². The molecule has 102 valence electrons. The van der Waals surface area contributed by atoms with Crippen LogP contribution in [-0.4, -0.2) is 41.8 Å². The molecule has 0 atom stereocenters. The van der Waals surface area contributed by atoms with Crippen molar-refractivity contribution in [2.75, 3.05) is 19.9 Å². The van der Waals surface area contributed by atoms with Crippen LogP contribution in [0.15, 0.2) is 12.1 Å². The Bertz CT molecular complexity index is 522. The molecule has 6 heteroatoms. The Morgan fingerprint density at radius 2 is 1.95 bits per heavy atom. The number of ether oxygens (including phenoxy) is 2. The SMILES string of the molecule is CCN(CC)C(=O)c1ccc2c(c1C(=O)O)OCO2. The predicted octanol–water partition coefficient (Wildman–Crippen LogP) is 1.60. The van der Waals surface area contributed by atoms with Crippen LogP contribution < -0.4 is 9.47 Å². The van der Waals surface area contributed by atoms with Crippen LogP contribution in [-0.2, 0) is 0 Å². The fraction of sp³-hybridized carbons (Fsp3) is 0.385. The Morgan fingerprint density at radius 1 is 1.26 bits per heavy atom. The van der Waals surface area contributed by atoms with Gasteiger partial charge in [-0.2, -0.15) is 0 Å². The summed E-state index contributed by atoms with van der Waals surface area (Å²) in [6.45, 7) is 4.69. The first kappa shape index (κ1) is 13.2. The molecule has 6 nitrogen and oxygen atoms in total. The number of benzene rings is 1. The molecule has 0 unspecified atom stereocenters. The summed E-state index contributed by atoms with van der Waals surface area (Å²) in [5.74, 6) is -1.03. The molecular weight excluding hydrogens is 250 g/mol. The van der Waals surface area contributed by atoms with Crippen LogP contribution in [0, 0.1) is 0 Å². The minimum absolute atomic E-state index is 0.0292. The van der Waals surface area contributed by atoms with E-state index in [1.54, 1.807) is 11.0 Å². The lowest BCUT2D eigenvalue weighted by Crippen LogP contribution is -2.31. The Hall–Kier alpha value is -2.24. The summed E-state index contributed by atoms with van der Waals surface area (Å²) in [5.41, 5.74) is -0.00708. The van der Waals surface area contributed by atoms with Gasteiger partial charge in [-0.05, 0) is 26.0 Å². The van der Waals surface area contributed by atoms with Crippen LogP contribution in [0.3, 0.4) is 0 Å². The van der Waals surface area contributed by atoms with Crippen LogP contribution >= 0.6 is 0 Å². The summed E-state index contributed by atoms with van der Waals surface area (Å²) in [7, 11) is 0. The van der Waals surface area contributed by atoms with E-state index >= 15 is 0 Å². The molecule has 1 aromatic carbocycles. The molecule has 19 heavy (non-hydrogen) atoms. The Balaban J connectivity index is 2.52. The Morgan fingerprint density at radius 3 is 2.53 bits per heavy atom. The summed E-state index contributed by atoms with van der Waals surface area (Å²) in [5, 5.41) is 9.30. The lowest BCUT2D eigenvalue weighted by atomic mass is 10.0. The first-order chi connectivity index (χ1) is 9.10. The summed E-state index contributed by atoms with van der Waals surface area (Å²) in [6.07, 6.45) is 0. The van der Waals surface area contributed by atoms with E-state index in [0.717, 1.165) is 0 Å². The van der Waals surface area contributed by atoms with Gasteiger partial charge in [0.05, 0.1) is 5.56 Å². The van der Waals surface area contributed by atoms with Gasteiger partial charge in [-0.1, -0.05) is 0 Å². The van der Waals surface area contributed by atoms with Gasteiger partial charge in [0, 0.05) is 13.1 Å². The minimum atomic E-state index is -1.20. The van der Waals surface area contributed by atoms with Gasteiger partial charge in [-0.15, -0.1) is 0 Å². The summed E-state index contributed by atoms with van der Waals surface area (Å²) >= 11 is 0. The van der Waals surface area contributed by atoms with Gasteiger partial charge in [-0.25, -0.2) is 4.79 Å². The number of hydrogen-bond acceptors (Lipinski definition) is 4. The summed E-state index contributed by atoms with van der Waals surface area (Å²) in [4.78, 5) is 25.2. The Kier molecular flexibility index (Phi) is 3.59. The number of carboxylic acids is 1. The molecule has 2 rings (SSSR count). The molecule has 0 saturated carbocycles. The van der Waals surface area contributed by atoms with Crippen LogP contribution in [0.1, 0.15) is 34.6 Å². The highest BCUT2D eigenvalue weighted by Crippen LogP contribution is 2.37. The first-order valence-corrected chi connectivity index (χ1v) is 6.05. The van der Waals surface area contributed by atoms with E-state index in [-0.39, 0.29) is 29.6 Å². The average molecular weight is 265 g/mol. The number of carbonyl (C=O) groups excluding carboxylic acids is 1. The Labute approximate surface area is 110 Å². The fourth-order valence-electron chi connectivity index (χ4n) is 2.04. The smallest absolute Gasteiger partial charge is 0.340 e. The van der Waals surface area contributed by atoms with Crippen molar-refractivity contribution in [1.82, 2.24) is 4.90 Å². The second kappa shape index (κ2) is 5.17. The van der Waals surface area contributed by atoms with E-state index in [0.29, 0.717) is 18.8 Å². The lowest BCUT2D eigenvalue weighted by molar-refractivity contribution is 0.0673. The maximum atomic E-state index is 12.3. The normalized spacial score (nSPS) is 12.3. The van der Waals surface area contributed by atoms with Gasteiger partial charge in [-0.3, -0.25) is 4.79 Å². The maximum absolute atomic E-state index is 12.3. The van der Waals surface area contributed by atoms with E-state index in [1.807, 2.05) is 13.8 Å². The first-order valence-electron chi connectivity index (χ1n) is 6.05. The molecule has 0 aromatic heterocycles. The van der Waals surface area contributed by atoms with Gasteiger partial charge in [0.25, 0.3) is 5.91 Å². The molecule has 0 radical (unpaired) electrons. The minimum Gasteiger partial charge on any atom is -0.478 e. The van der Waals surface area contributed by atoms with E-state index in [2.05, 4.69) is 0 Å². The monoisotopic (exact) mass is 265 g/mol.